The molecule has 0 bridgehead atoms. The number of hydrogen-bond acceptors (Lipinski definition) is 3. The highest BCUT2D eigenvalue weighted by Gasteiger charge is 2.14. The van der Waals surface area contributed by atoms with Gasteiger partial charge in [-0.2, -0.15) is 0 Å². The van der Waals surface area contributed by atoms with E-state index in [0.717, 1.165) is 6.07 Å². The summed E-state index contributed by atoms with van der Waals surface area (Å²) in [4.78, 5) is 23.7. The zero-order valence-electron chi connectivity index (χ0n) is 14.7. The molecule has 1 atom stereocenters. The van der Waals surface area contributed by atoms with Crippen molar-refractivity contribution < 1.29 is 19.1 Å². The number of benzene rings is 1. The first kappa shape index (κ1) is 20.1. The lowest BCUT2D eigenvalue weighted by Crippen LogP contribution is -2.32. The van der Waals surface area contributed by atoms with Crippen molar-refractivity contribution in [2.75, 3.05) is 11.9 Å². The zero-order chi connectivity index (χ0) is 18.3. The molecule has 1 aromatic carbocycles. The van der Waals surface area contributed by atoms with Crippen LogP contribution in [-0.2, 0) is 4.79 Å². The van der Waals surface area contributed by atoms with Crippen LogP contribution in [0.25, 0.3) is 0 Å². The largest absolute Gasteiger partial charge is 0.391 e. The SMILES string of the molecule is CC(C)CC(=O)Nc1ccc(C(=O)NCC(O)CC(C)C)cc1F. The Labute approximate surface area is 142 Å². The Bertz CT molecular complexity index is 573. The Hall–Kier alpha value is -1.95. The number of aliphatic hydroxyl groups is 1. The van der Waals surface area contributed by atoms with Crippen LogP contribution in [0, 0.1) is 17.7 Å². The first-order valence-electron chi connectivity index (χ1n) is 8.24. The van der Waals surface area contributed by atoms with E-state index in [1.165, 1.54) is 12.1 Å². The smallest absolute Gasteiger partial charge is 0.251 e. The molecule has 0 aliphatic carbocycles. The van der Waals surface area contributed by atoms with Gasteiger partial charge in [-0.3, -0.25) is 9.59 Å². The predicted octanol–water partition coefficient (Wildman–Crippen LogP) is 2.95. The topological polar surface area (TPSA) is 78.4 Å². The van der Waals surface area contributed by atoms with Gasteiger partial charge in [-0.25, -0.2) is 4.39 Å². The summed E-state index contributed by atoms with van der Waals surface area (Å²) in [5.41, 5.74) is 0.197. The number of hydrogen-bond donors (Lipinski definition) is 3. The monoisotopic (exact) mass is 338 g/mol. The molecule has 1 unspecified atom stereocenters. The lowest BCUT2D eigenvalue weighted by molar-refractivity contribution is -0.116. The summed E-state index contributed by atoms with van der Waals surface area (Å²) in [6, 6.07) is 3.89. The number of carbonyl (C=O) groups is 2. The van der Waals surface area contributed by atoms with Gasteiger partial charge in [0.2, 0.25) is 5.91 Å². The van der Waals surface area contributed by atoms with Crippen LogP contribution in [-0.4, -0.2) is 29.6 Å². The Balaban J connectivity index is 2.63. The van der Waals surface area contributed by atoms with Gasteiger partial charge in [0.25, 0.3) is 5.91 Å². The Morgan fingerprint density at radius 1 is 1.17 bits per heavy atom. The fourth-order valence-electron chi connectivity index (χ4n) is 2.27. The van der Waals surface area contributed by atoms with Crippen LogP contribution in [0.4, 0.5) is 10.1 Å². The minimum absolute atomic E-state index is 0.0528. The van der Waals surface area contributed by atoms with Gasteiger partial charge in [0, 0.05) is 18.5 Å². The van der Waals surface area contributed by atoms with Gasteiger partial charge >= 0.3 is 0 Å². The third-order valence-electron chi connectivity index (χ3n) is 3.34. The number of carbonyl (C=O) groups excluding carboxylic acids is 2. The van der Waals surface area contributed by atoms with Gasteiger partial charge in [-0.05, 0) is 36.5 Å². The second kappa shape index (κ2) is 9.37. The van der Waals surface area contributed by atoms with Crippen molar-refractivity contribution in [2.24, 2.45) is 11.8 Å². The van der Waals surface area contributed by atoms with Crippen LogP contribution >= 0.6 is 0 Å². The Kier molecular flexibility index (Phi) is 7.85. The maximum atomic E-state index is 14.0. The highest BCUT2D eigenvalue weighted by Crippen LogP contribution is 2.17. The zero-order valence-corrected chi connectivity index (χ0v) is 14.7. The third-order valence-corrected chi connectivity index (χ3v) is 3.34. The van der Waals surface area contributed by atoms with Crippen LogP contribution in [0.15, 0.2) is 18.2 Å². The van der Waals surface area contributed by atoms with Crippen LogP contribution in [0.5, 0.6) is 0 Å². The normalized spacial score (nSPS) is 12.3. The molecule has 1 aromatic rings. The van der Waals surface area contributed by atoms with E-state index in [0.29, 0.717) is 18.8 Å². The van der Waals surface area contributed by atoms with Crippen molar-refractivity contribution >= 4 is 17.5 Å². The highest BCUT2D eigenvalue weighted by molar-refractivity contribution is 5.96. The van der Waals surface area contributed by atoms with E-state index >= 15 is 0 Å². The molecule has 0 heterocycles. The molecule has 1 rings (SSSR count). The number of nitrogens with one attached hydrogen (secondary N) is 2. The summed E-state index contributed by atoms with van der Waals surface area (Å²) in [5.74, 6) is -0.893. The van der Waals surface area contributed by atoms with Crippen molar-refractivity contribution in [3.63, 3.8) is 0 Å². The molecule has 3 N–H and O–H groups in total. The van der Waals surface area contributed by atoms with E-state index in [2.05, 4.69) is 10.6 Å². The minimum atomic E-state index is -0.664. The Morgan fingerprint density at radius 2 is 1.83 bits per heavy atom. The van der Waals surface area contributed by atoms with Crippen LogP contribution in [0.3, 0.4) is 0 Å². The van der Waals surface area contributed by atoms with Crippen molar-refractivity contribution in [3.8, 4) is 0 Å². The maximum Gasteiger partial charge on any atom is 0.251 e. The fraction of sp³-hybridized carbons (Fsp3) is 0.556. The summed E-state index contributed by atoms with van der Waals surface area (Å²) in [5, 5.41) is 14.8. The molecule has 134 valence electrons. The van der Waals surface area contributed by atoms with Gasteiger partial charge in [0.05, 0.1) is 11.8 Å². The maximum absolute atomic E-state index is 14.0. The molecule has 6 heteroatoms. The second-order valence-corrected chi connectivity index (χ2v) is 6.83. The van der Waals surface area contributed by atoms with Crippen LogP contribution < -0.4 is 10.6 Å². The lowest BCUT2D eigenvalue weighted by Gasteiger charge is -2.14. The molecule has 0 aromatic heterocycles. The van der Waals surface area contributed by atoms with Crippen molar-refractivity contribution in [3.05, 3.63) is 29.6 Å². The van der Waals surface area contributed by atoms with Crippen LogP contribution in [0.1, 0.15) is 50.9 Å². The summed E-state index contributed by atoms with van der Waals surface area (Å²) in [7, 11) is 0. The fourth-order valence-corrected chi connectivity index (χ4v) is 2.27. The van der Waals surface area contributed by atoms with Gasteiger partial charge < -0.3 is 15.7 Å². The summed E-state index contributed by atoms with van der Waals surface area (Å²) in [6.45, 7) is 7.87. The molecule has 0 fully saturated rings. The van der Waals surface area contributed by atoms with Gasteiger partial charge in [0.15, 0.2) is 0 Å². The van der Waals surface area contributed by atoms with E-state index in [-0.39, 0.29) is 29.6 Å². The summed E-state index contributed by atoms with van der Waals surface area (Å²) in [6.07, 6.45) is 0.249. The molecular formula is C18H27FN2O3. The standard InChI is InChI=1S/C18H27FN2O3/c1-11(2)7-14(22)10-20-18(24)13-5-6-16(15(19)9-13)21-17(23)8-12(3)4/h5-6,9,11-12,14,22H,7-8,10H2,1-4H3,(H,20,24)(H,21,23). The number of rotatable bonds is 8. The molecule has 5 nitrogen and oxygen atoms in total. The van der Waals surface area contributed by atoms with Crippen LogP contribution in [0.2, 0.25) is 0 Å². The molecule has 24 heavy (non-hydrogen) atoms. The van der Waals surface area contributed by atoms with E-state index in [9.17, 15) is 19.1 Å². The molecule has 0 aliphatic rings. The third kappa shape index (κ3) is 7.08. The van der Waals surface area contributed by atoms with Gasteiger partial charge in [-0.15, -0.1) is 0 Å². The van der Waals surface area contributed by atoms with Gasteiger partial charge in [0.1, 0.15) is 5.82 Å². The summed E-state index contributed by atoms with van der Waals surface area (Å²) < 4.78 is 14.0. The van der Waals surface area contributed by atoms with Crippen molar-refractivity contribution in [1.29, 1.82) is 0 Å². The van der Waals surface area contributed by atoms with Gasteiger partial charge in [-0.1, -0.05) is 27.7 Å². The first-order valence-corrected chi connectivity index (χ1v) is 8.24. The molecule has 0 aliphatic heterocycles. The first-order chi connectivity index (χ1) is 11.2. The van der Waals surface area contributed by atoms with E-state index in [4.69, 9.17) is 0 Å². The molecule has 0 saturated carbocycles. The lowest BCUT2D eigenvalue weighted by atomic mass is 10.1. The number of amides is 2. The molecule has 0 radical (unpaired) electrons. The molecular weight excluding hydrogens is 311 g/mol. The number of aliphatic hydroxyl groups excluding tert-OH is 1. The predicted molar refractivity (Wildman–Crippen MR) is 92.3 cm³/mol. The second-order valence-electron chi connectivity index (χ2n) is 6.83. The highest BCUT2D eigenvalue weighted by atomic mass is 19.1. The molecule has 0 saturated heterocycles. The number of anilines is 1. The summed E-state index contributed by atoms with van der Waals surface area (Å²) >= 11 is 0. The van der Waals surface area contributed by atoms with Crippen molar-refractivity contribution in [2.45, 2.75) is 46.6 Å². The Morgan fingerprint density at radius 3 is 2.38 bits per heavy atom. The van der Waals surface area contributed by atoms with Crippen molar-refractivity contribution in [1.82, 2.24) is 5.32 Å². The minimum Gasteiger partial charge on any atom is -0.391 e. The van der Waals surface area contributed by atoms with E-state index in [1.807, 2.05) is 27.7 Å². The quantitative estimate of drug-likeness (QED) is 0.682. The average Bonchev–Trinajstić information content (AvgIpc) is 2.45. The molecule has 0 spiro atoms. The number of halogens is 1. The average molecular weight is 338 g/mol. The molecule has 2 amide bonds. The van der Waals surface area contributed by atoms with E-state index in [1.54, 1.807) is 0 Å². The van der Waals surface area contributed by atoms with E-state index < -0.39 is 17.8 Å².